The SMILES string of the molecule is CCc1nc2ccc(C)cn2c1C(=O)NC(c1ccccc1)c1ccccc1. The fraction of sp³-hybridized carbons (Fsp3) is 0.167. The third kappa shape index (κ3) is 3.41. The highest BCUT2D eigenvalue weighted by Gasteiger charge is 2.23. The minimum Gasteiger partial charge on any atom is -0.340 e. The molecular weight excluding hydrogens is 346 g/mol. The molecule has 1 N–H and O–H groups in total. The molecule has 2 aromatic carbocycles. The molecule has 2 aromatic heterocycles. The average molecular weight is 369 g/mol. The number of benzene rings is 2. The Morgan fingerprint density at radius 3 is 2.14 bits per heavy atom. The van der Waals surface area contributed by atoms with E-state index in [1.807, 2.05) is 97.2 Å². The van der Waals surface area contributed by atoms with Crippen LogP contribution in [0, 0.1) is 6.92 Å². The number of pyridine rings is 1. The highest BCUT2D eigenvalue weighted by Crippen LogP contribution is 2.23. The molecule has 0 fully saturated rings. The molecule has 0 saturated carbocycles. The molecule has 4 nitrogen and oxygen atoms in total. The summed E-state index contributed by atoms with van der Waals surface area (Å²) in [6, 6.07) is 23.8. The summed E-state index contributed by atoms with van der Waals surface area (Å²) in [5, 5.41) is 3.24. The minimum atomic E-state index is -0.227. The summed E-state index contributed by atoms with van der Waals surface area (Å²) < 4.78 is 1.90. The molecule has 0 radical (unpaired) electrons. The van der Waals surface area contributed by atoms with Crippen LogP contribution in [-0.2, 0) is 6.42 Å². The van der Waals surface area contributed by atoms with E-state index in [0.29, 0.717) is 12.1 Å². The lowest BCUT2D eigenvalue weighted by molar-refractivity contribution is 0.0936. The molecule has 0 aliphatic carbocycles. The van der Waals surface area contributed by atoms with Crippen molar-refractivity contribution in [3.63, 3.8) is 0 Å². The highest BCUT2D eigenvalue weighted by atomic mass is 16.2. The molecule has 28 heavy (non-hydrogen) atoms. The summed E-state index contributed by atoms with van der Waals surface area (Å²) in [5.74, 6) is -0.118. The van der Waals surface area contributed by atoms with Gasteiger partial charge in [0.05, 0.1) is 11.7 Å². The van der Waals surface area contributed by atoms with Gasteiger partial charge in [-0.15, -0.1) is 0 Å². The zero-order valence-electron chi connectivity index (χ0n) is 16.1. The van der Waals surface area contributed by atoms with Crippen LogP contribution >= 0.6 is 0 Å². The van der Waals surface area contributed by atoms with Gasteiger partial charge in [-0.2, -0.15) is 0 Å². The maximum Gasteiger partial charge on any atom is 0.270 e. The lowest BCUT2D eigenvalue weighted by Gasteiger charge is -2.20. The van der Waals surface area contributed by atoms with Crippen LogP contribution in [0.4, 0.5) is 0 Å². The Morgan fingerprint density at radius 2 is 1.57 bits per heavy atom. The van der Waals surface area contributed by atoms with Gasteiger partial charge in [0.25, 0.3) is 5.91 Å². The first-order valence-electron chi connectivity index (χ1n) is 9.55. The second-order valence-corrected chi connectivity index (χ2v) is 6.92. The van der Waals surface area contributed by atoms with Gasteiger partial charge in [-0.25, -0.2) is 4.98 Å². The van der Waals surface area contributed by atoms with E-state index in [4.69, 9.17) is 0 Å². The number of imidazole rings is 1. The predicted octanol–water partition coefficient (Wildman–Crippen LogP) is 4.72. The number of amides is 1. The molecule has 0 aliphatic rings. The lowest BCUT2D eigenvalue weighted by Crippen LogP contribution is -2.31. The quantitative estimate of drug-likeness (QED) is 0.553. The van der Waals surface area contributed by atoms with Crippen LogP contribution in [-0.4, -0.2) is 15.3 Å². The number of aromatic nitrogens is 2. The largest absolute Gasteiger partial charge is 0.340 e. The topological polar surface area (TPSA) is 46.4 Å². The zero-order chi connectivity index (χ0) is 19.5. The molecule has 2 heterocycles. The van der Waals surface area contributed by atoms with Crippen molar-refractivity contribution in [1.29, 1.82) is 0 Å². The van der Waals surface area contributed by atoms with Crippen LogP contribution in [0.3, 0.4) is 0 Å². The number of fused-ring (bicyclic) bond motifs is 1. The molecule has 4 heteroatoms. The van der Waals surface area contributed by atoms with Crippen LogP contribution in [0.1, 0.15) is 45.8 Å². The van der Waals surface area contributed by atoms with Gasteiger partial charge in [-0.05, 0) is 36.1 Å². The van der Waals surface area contributed by atoms with Crippen molar-refractivity contribution in [1.82, 2.24) is 14.7 Å². The van der Waals surface area contributed by atoms with Crippen LogP contribution in [0.2, 0.25) is 0 Å². The molecule has 0 bridgehead atoms. The predicted molar refractivity (Wildman–Crippen MR) is 112 cm³/mol. The van der Waals surface area contributed by atoms with Crippen molar-refractivity contribution in [2.24, 2.45) is 0 Å². The Balaban J connectivity index is 1.77. The molecule has 0 spiro atoms. The summed E-state index contributed by atoms with van der Waals surface area (Å²) >= 11 is 0. The van der Waals surface area contributed by atoms with Crippen molar-refractivity contribution < 1.29 is 4.79 Å². The van der Waals surface area contributed by atoms with Crippen molar-refractivity contribution in [2.75, 3.05) is 0 Å². The van der Waals surface area contributed by atoms with E-state index in [0.717, 1.165) is 28.0 Å². The number of nitrogens with one attached hydrogen (secondary N) is 1. The van der Waals surface area contributed by atoms with E-state index in [9.17, 15) is 4.79 Å². The molecule has 0 atom stereocenters. The maximum atomic E-state index is 13.4. The van der Waals surface area contributed by atoms with Gasteiger partial charge >= 0.3 is 0 Å². The first kappa shape index (κ1) is 18.0. The molecule has 1 amide bonds. The number of rotatable bonds is 5. The number of hydrogen-bond donors (Lipinski definition) is 1. The van der Waals surface area contributed by atoms with E-state index < -0.39 is 0 Å². The number of hydrogen-bond acceptors (Lipinski definition) is 2. The van der Waals surface area contributed by atoms with Crippen LogP contribution in [0.25, 0.3) is 5.65 Å². The van der Waals surface area contributed by atoms with Gasteiger partial charge in [-0.3, -0.25) is 9.20 Å². The van der Waals surface area contributed by atoms with Crippen LogP contribution in [0.5, 0.6) is 0 Å². The zero-order valence-corrected chi connectivity index (χ0v) is 16.1. The summed E-state index contributed by atoms with van der Waals surface area (Å²) in [7, 11) is 0. The van der Waals surface area contributed by atoms with Crippen molar-refractivity contribution in [2.45, 2.75) is 26.3 Å². The van der Waals surface area contributed by atoms with Crippen molar-refractivity contribution >= 4 is 11.6 Å². The van der Waals surface area contributed by atoms with E-state index in [1.54, 1.807) is 0 Å². The first-order chi connectivity index (χ1) is 13.7. The van der Waals surface area contributed by atoms with E-state index in [2.05, 4.69) is 10.3 Å². The van der Waals surface area contributed by atoms with Gasteiger partial charge in [-0.1, -0.05) is 73.7 Å². The van der Waals surface area contributed by atoms with Gasteiger partial charge in [0.1, 0.15) is 11.3 Å². The highest BCUT2D eigenvalue weighted by molar-refractivity contribution is 5.95. The Hall–Kier alpha value is -3.40. The molecule has 4 aromatic rings. The Labute approximate surface area is 164 Å². The van der Waals surface area contributed by atoms with Crippen molar-refractivity contribution in [3.8, 4) is 0 Å². The van der Waals surface area contributed by atoms with E-state index >= 15 is 0 Å². The summed E-state index contributed by atoms with van der Waals surface area (Å²) in [5.41, 5.74) is 5.39. The number of carbonyl (C=O) groups excluding carboxylic acids is 1. The average Bonchev–Trinajstić information content (AvgIpc) is 3.11. The Bertz CT molecular complexity index is 1060. The third-order valence-electron chi connectivity index (χ3n) is 4.93. The van der Waals surface area contributed by atoms with Gasteiger partial charge in [0.15, 0.2) is 0 Å². The van der Waals surface area contributed by atoms with Gasteiger partial charge in [0.2, 0.25) is 0 Å². The number of aryl methyl sites for hydroxylation is 2. The van der Waals surface area contributed by atoms with E-state index in [1.165, 1.54) is 0 Å². The van der Waals surface area contributed by atoms with Crippen molar-refractivity contribution in [3.05, 3.63) is 107 Å². The smallest absolute Gasteiger partial charge is 0.270 e. The lowest BCUT2D eigenvalue weighted by atomic mass is 9.98. The normalized spacial score (nSPS) is 11.1. The summed E-state index contributed by atoms with van der Waals surface area (Å²) in [6.45, 7) is 4.04. The molecule has 140 valence electrons. The van der Waals surface area contributed by atoms with Crippen LogP contribution in [0.15, 0.2) is 79.0 Å². The minimum absolute atomic E-state index is 0.118. The molecular formula is C24H23N3O. The fourth-order valence-electron chi connectivity index (χ4n) is 3.54. The number of nitrogens with zero attached hydrogens (tertiary/aromatic N) is 2. The molecule has 0 unspecified atom stereocenters. The molecule has 4 rings (SSSR count). The first-order valence-corrected chi connectivity index (χ1v) is 9.55. The Kier molecular flexibility index (Phi) is 4.94. The standard InChI is InChI=1S/C24H23N3O/c1-3-20-23(27-16-17(2)14-15-21(27)25-20)24(28)26-22(18-10-6-4-7-11-18)19-12-8-5-9-13-19/h4-16,22H,3H2,1-2H3,(H,26,28). The van der Waals surface area contributed by atoms with Gasteiger partial charge in [0, 0.05) is 6.20 Å². The van der Waals surface area contributed by atoms with E-state index in [-0.39, 0.29) is 11.9 Å². The molecule has 0 saturated heterocycles. The number of carbonyl (C=O) groups is 1. The Morgan fingerprint density at radius 1 is 0.964 bits per heavy atom. The second kappa shape index (κ2) is 7.69. The summed E-state index contributed by atoms with van der Waals surface area (Å²) in [6.07, 6.45) is 2.67. The summed E-state index contributed by atoms with van der Waals surface area (Å²) in [4.78, 5) is 18.0. The maximum absolute atomic E-state index is 13.4. The molecule has 0 aliphatic heterocycles. The van der Waals surface area contributed by atoms with Gasteiger partial charge < -0.3 is 5.32 Å². The third-order valence-corrected chi connectivity index (χ3v) is 4.93. The van der Waals surface area contributed by atoms with Crippen LogP contribution < -0.4 is 5.32 Å². The monoisotopic (exact) mass is 369 g/mol. The second-order valence-electron chi connectivity index (χ2n) is 6.92. The fourth-order valence-corrected chi connectivity index (χ4v) is 3.54.